The molecule has 0 heterocycles. The number of carbonyl (C=O) groups excluding carboxylic acids is 1. The molecule has 0 bridgehead atoms. The Labute approximate surface area is 124 Å². The Morgan fingerprint density at radius 3 is 2.32 bits per heavy atom. The first-order valence-electron chi connectivity index (χ1n) is 6.59. The second-order valence-electron chi connectivity index (χ2n) is 5.11. The molecule has 112 valence electrons. The van der Waals surface area contributed by atoms with Crippen LogP contribution in [0.25, 0.3) is 6.08 Å². The minimum Gasteiger partial charge on any atom is -0.507 e. The monoisotopic (exact) mass is 304 g/mol. The number of ketones is 1. The lowest BCUT2D eigenvalue weighted by atomic mass is 10.1. The molecule has 3 rings (SSSR count). The summed E-state index contributed by atoms with van der Waals surface area (Å²) in [5.74, 6) is -0.355. The molecular weight excluding hydrogens is 293 g/mol. The Morgan fingerprint density at radius 2 is 1.73 bits per heavy atom. The summed E-state index contributed by atoms with van der Waals surface area (Å²) in [6.45, 7) is 0. The maximum atomic E-state index is 12.5. The van der Waals surface area contributed by atoms with Crippen LogP contribution >= 0.6 is 0 Å². The summed E-state index contributed by atoms with van der Waals surface area (Å²) in [4.78, 5) is 12.2. The van der Waals surface area contributed by atoms with E-state index in [1.807, 2.05) is 0 Å². The van der Waals surface area contributed by atoms with Crippen molar-refractivity contribution in [3.05, 3.63) is 70.3 Å². The first-order chi connectivity index (χ1) is 10.4. The first kappa shape index (κ1) is 14.4. The van der Waals surface area contributed by atoms with Gasteiger partial charge in [-0.25, -0.2) is 0 Å². The predicted molar refractivity (Wildman–Crippen MR) is 75.6 cm³/mol. The van der Waals surface area contributed by atoms with E-state index < -0.39 is 11.7 Å². The van der Waals surface area contributed by atoms with Gasteiger partial charge in [-0.1, -0.05) is 24.3 Å². The van der Waals surface area contributed by atoms with E-state index in [9.17, 15) is 23.1 Å². The van der Waals surface area contributed by atoms with E-state index in [0.717, 1.165) is 17.7 Å². The Balaban J connectivity index is 1.92. The topological polar surface area (TPSA) is 37.3 Å². The Morgan fingerprint density at radius 1 is 1.05 bits per heavy atom. The number of rotatable bonds is 1. The molecule has 0 radical (unpaired) electrons. The van der Waals surface area contributed by atoms with Gasteiger partial charge in [0, 0.05) is 12.0 Å². The van der Waals surface area contributed by atoms with Crippen LogP contribution in [0.5, 0.6) is 5.75 Å². The second kappa shape index (κ2) is 5.02. The van der Waals surface area contributed by atoms with Crippen molar-refractivity contribution in [2.45, 2.75) is 12.6 Å². The summed E-state index contributed by atoms with van der Waals surface area (Å²) in [6, 6.07) is 9.46. The van der Waals surface area contributed by atoms with Gasteiger partial charge in [0.05, 0.1) is 11.1 Å². The predicted octanol–water partition coefficient (Wildman–Crippen LogP) is 4.23. The molecule has 0 spiro atoms. The van der Waals surface area contributed by atoms with Crippen LogP contribution in [-0.2, 0) is 12.6 Å². The number of phenolic OH excluding ortho intramolecular Hbond substituents is 1. The molecule has 1 N–H and O–H groups in total. The van der Waals surface area contributed by atoms with Crippen molar-refractivity contribution >= 4 is 11.9 Å². The Kier molecular flexibility index (Phi) is 3.28. The number of alkyl halides is 3. The largest absolute Gasteiger partial charge is 0.507 e. The van der Waals surface area contributed by atoms with E-state index in [0.29, 0.717) is 17.6 Å². The number of allylic oxidation sites excluding steroid dienone is 1. The maximum absolute atomic E-state index is 12.5. The van der Waals surface area contributed by atoms with Gasteiger partial charge in [0.1, 0.15) is 5.75 Å². The molecule has 1 aliphatic rings. The SMILES string of the molecule is O=C1/C(=C/c2ccc(C(F)(F)F)cc2)Cc2cccc(O)c21. The number of phenols is 1. The summed E-state index contributed by atoms with van der Waals surface area (Å²) in [7, 11) is 0. The first-order valence-corrected chi connectivity index (χ1v) is 6.59. The fraction of sp³-hybridized carbons (Fsp3) is 0.118. The zero-order chi connectivity index (χ0) is 15.9. The molecule has 0 saturated carbocycles. The summed E-state index contributed by atoms with van der Waals surface area (Å²) >= 11 is 0. The fourth-order valence-electron chi connectivity index (χ4n) is 2.53. The third-order valence-electron chi connectivity index (χ3n) is 3.61. The normalized spacial score (nSPS) is 16.1. The van der Waals surface area contributed by atoms with Gasteiger partial charge in [0.15, 0.2) is 5.78 Å². The van der Waals surface area contributed by atoms with Crippen molar-refractivity contribution < 1.29 is 23.1 Å². The van der Waals surface area contributed by atoms with Crippen LogP contribution in [0.1, 0.15) is 27.0 Å². The summed E-state index contributed by atoms with van der Waals surface area (Å²) in [5.41, 5.74) is 1.25. The van der Waals surface area contributed by atoms with E-state index in [1.54, 1.807) is 18.2 Å². The molecule has 0 aliphatic heterocycles. The molecule has 22 heavy (non-hydrogen) atoms. The van der Waals surface area contributed by atoms with Gasteiger partial charge in [-0.3, -0.25) is 4.79 Å². The Hall–Kier alpha value is -2.56. The highest BCUT2D eigenvalue weighted by Gasteiger charge is 2.30. The maximum Gasteiger partial charge on any atom is 0.416 e. The molecule has 2 aromatic carbocycles. The molecular formula is C17H11F3O2. The molecule has 2 nitrogen and oxygen atoms in total. The van der Waals surface area contributed by atoms with Gasteiger partial charge in [-0.05, 0) is 35.4 Å². The smallest absolute Gasteiger partial charge is 0.416 e. The molecule has 0 aromatic heterocycles. The molecule has 5 heteroatoms. The number of Topliss-reactive ketones (excluding diaryl/α,β-unsaturated/α-hetero) is 1. The molecule has 0 unspecified atom stereocenters. The number of carbonyl (C=O) groups is 1. The van der Waals surface area contributed by atoms with Crippen molar-refractivity contribution in [3.63, 3.8) is 0 Å². The van der Waals surface area contributed by atoms with Crippen LogP contribution in [0.15, 0.2) is 48.0 Å². The molecule has 0 atom stereocenters. The summed E-state index contributed by atoms with van der Waals surface area (Å²) < 4.78 is 37.5. The number of hydrogen-bond acceptors (Lipinski definition) is 2. The number of fused-ring (bicyclic) bond motifs is 1. The third kappa shape index (κ3) is 2.50. The van der Waals surface area contributed by atoms with Gasteiger partial charge in [0.2, 0.25) is 0 Å². The van der Waals surface area contributed by atoms with Crippen molar-refractivity contribution in [1.82, 2.24) is 0 Å². The van der Waals surface area contributed by atoms with Gasteiger partial charge >= 0.3 is 6.18 Å². The van der Waals surface area contributed by atoms with Gasteiger partial charge in [-0.15, -0.1) is 0 Å². The number of aromatic hydroxyl groups is 1. The number of benzene rings is 2. The van der Waals surface area contributed by atoms with Crippen LogP contribution in [0.4, 0.5) is 13.2 Å². The second-order valence-corrected chi connectivity index (χ2v) is 5.11. The van der Waals surface area contributed by atoms with E-state index in [1.165, 1.54) is 18.2 Å². The number of hydrogen-bond donors (Lipinski definition) is 1. The van der Waals surface area contributed by atoms with Crippen LogP contribution in [0.3, 0.4) is 0 Å². The third-order valence-corrected chi connectivity index (χ3v) is 3.61. The molecule has 0 fully saturated rings. The quantitative estimate of drug-likeness (QED) is 0.800. The minimum atomic E-state index is -4.38. The van der Waals surface area contributed by atoms with E-state index in [4.69, 9.17) is 0 Å². The zero-order valence-electron chi connectivity index (χ0n) is 11.3. The standard InChI is InChI=1S/C17H11F3O2/c18-17(19,20)13-6-4-10(5-7-13)8-12-9-11-2-1-3-14(21)15(11)16(12)22/h1-8,21H,9H2/b12-8+. The van der Waals surface area contributed by atoms with Crippen LogP contribution in [0, 0.1) is 0 Å². The highest BCUT2D eigenvalue weighted by atomic mass is 19.4. The Bertz CT molecular complexity index is 771. The highest BCUT2D eigenvalue weighted by Crippen LogP contribution is 2.34. The average Bonchev–Trinajstić information content (AvgIpc) is 2.76. The lowest BCUT2D eigenvalue weighted by molar-refractivity contribution is -0.137. The lowest BCUT2D eigenvalue weighted by Gasteiger charge is -2.06. The average molecular weight is 304 g/mol. The van der Waals surface area contributed by atoms with Crippen molar-refractivity contribution in [2.24, 2.45) is 0 Å². The van der Waals surface area contributed by atoms with Gasteiger partial charge in [0.25, 0.3) is 0 Å². The molecule has 2 aromatic rings. The highest BCUT2D eigenvalue weighted by molar-refractivity contribution is 6.17. The van der Waals surface area contributed by atoms with E-state index >= 15 is 0 Å². The fourth-order valence-corrected chi connectivity index (χ4v) is 2.53. The van der Waals surface area contributed by atoms with Crippen LogP contribution in [0.2, 0.25) is 0 Å². The van der Waals surface area contributed by atoms with Gasteiger partial charge in [-0.2, -0.15) is 13.2 Å². The molecule has 0 amide bonds. The van der Waals surface area contributed by atoms with E-state index in [-0.39, 0.29) is 17.1 Å². The van der Waals surface area contributed by atoms with E-state index in [2.05, 4.69) is 0 Å². The lowest BCUT2D eigenvalue weighted by Crippen LogP contribution is -2.04. The summed E-state index contributed by atoms with van der Waals surface area (Å²) in [6.07, 6.45) is -2.46. The van der Waals surface area contributed by atoms with Crippen molar-refractivity contribution in [1.29, 1.82) is 0 Å². The molecule has 0 saturated heterocycles. The van der Waals surface area contributed by atoms with Crippen molar-refractivity contribution in [3.8, 4) is 5.75 Å². The number of halogens is 3. The van der Waals surface area contributed by atoms with Crippen LogP contribution < -0.4 is 0 Å². The summed E-state index contributed by atoms with van der Waals surface area (Å²) in [5, 5.41) is 9.74. The van der Waals surface area contributed by atoms with Crippen molar-refractivity contribution in [2.75, 3.05) is 0 Å². The molecule has 1 aliphatic carbocycles. The van der Waals surface area contributed by atoms with Gasteiger partial charge < -0.3 is 5.11 Å². The minimum absolute atomic E-state index is 0.0710. The zero-order valence-corrected chi connectivity index (χ0v) is 11.3. The van der Waals surface area contributed by atoms with Crippen LogP contribution in [-0.4, -0.2) is 10.9 Å².